The van der Waals surface area contributed by atoms with Crippen molar-refractivity contribution in [3.8, 4) is 0 Å². The summed E-state index contributed by atoms with van der Waals surface area (Å²) in [6.07, 6.45) is -8.46. The fraction of sp³-hybridized carbons (Fsp3) is 0.765. The van der Waals surface area contributed by atoms with Gasteiger partial charge in [-0.3, -0.25) is 14.5 Å². The van der Waals surface area contributed by atoms with Crippen LogP contribution in [0.5, 0.6) is 0 Å². The van der Waals surface area contributed by atoms with Crippen LogP contribution in [0.2, 0.25) is 0 Å². The van der Waals surface area contributed by atoms with Crippen LogP contribution in [-0.4, -0.2) is 53.6 Å². The first-order valence-corrected chi connectivity index (χ1v) is 8.79. The second kappa shape index (κ2) is 7.57. The fourth-order valence-corrected chi connectivity index (χ4v) is 3.61. The molecule has 160 valence electrons. The maximum Gasteiger partial charge on any atom is 0.446 e. The van der Waals surface area contributed by atoms with Gasteiger partial charge >= 0.3 is 24.0 Å². The van der Waals surface area contributed by atoms with Crippen molar-refractivity contribution >= 4 is 11.9 Å². The van der Waals surface area contributed by atoms with E-state index in [1.165, 1.54) is 0 Å². The number of ether oxygens (including phenoxy) is 2. The van der Waals surface area contributed by atoms with Crippen molar-refractivity contribution in [1.29, 1.82) is 0 Å². The lowest BCUT2D eigenvalue weighted by molar-refractivity contribution is -0.422. The van der Waals surface area contributed by atoms with Gasteiger partial charge in [0.25, 0.3) is 5.91 Å². The molecule has 0 aromatic rings. The molecule has 0 N–H and O–H groups in total. The molecule has 2 fully saturated rings. The van der Waals surface area contributed by atoms with Crippen LogP contribution in [-0.2, 0) is 19.1 Å². The van der Waals surface area contributed by atoms with Gasteiger partial charge in [-0.05, 0) is 32.1 Å². The number of hydrogen-bond acceptors (Lipinski definition) is 4. The van der Waals surface area contributed by atoms with Gasteiger partial charge in [-0.15, -0.1) is 0 Å². The molecular weight excluding hydrogens is 396 g/mol. The Morgan fingerprint density at radius 2 is 1.68 bits per heavy atom. The quantitative estimate of drug-likeness (QED) is 0.396. The van der Waals surface area contributed by atoms with Crippen molar-refractivity contribution in [3.05, 3.63) is 12.2 Å². The van der Waals surface area contributed by atoms with Gasteiger partial charge in [0.15, 0.2) is 0 Å². The van der Waals surface area contributed by atoms with Crippen LogP contribution in [0.15, 0.2) is 12.2 Å². The van der Waals surface area contributed by atoms with Gasteiger partial charge in [0.1, 0.15) is 12.1 Å². The number of carbonyl (C=O) groups is 2. The van der Waals surface area contributed by atoms with E-state index in [1.807, 2.05) is 0 Å². The van der Waals surface area contributed by atoms with E-state index in [0.29, 0.717) is 19.3 Å². The van der Waals surface area contributed by atoms with E-state index in [0.717, 1.165) is 19.3 Å². The lowest BCUT2D eigenvalue weighted by atomic mass is 9.83. The average Bonchev–Trinajstić information content (AvgIpc) is 2.57. The monoisotopic (exact) mass is 417 g/mol. The van der Waals surface area contributed by atoms with Crippen molar-refractivity contribution in [3.63, 3.8) is 0 Å². The molecule has 1 aliphatic heterocycles. The zero-order valence-electron chi connectivity index (χ0n) is 15.2. The van der Waals surface area contributed by atoms with Crippen molar-refractivity contribution in [2.75, 3.05) is 13.2 Å². The average molecular weight is 417 g/mol. The first-order chi connectivity index (χ1) is 12.8. The van der Waals surface area contributed by atoms with Gasteiger partial charge in [-0.25, -0.2) is 0 Å². The van der Waals surface area contributed by atoms with E-state index in [-0.39, 0.29) is 0 Å². The van der Waals surface area contributed by atoms with Crippen LogP contribution in [0.1, 0.15) is 45.4 Å². The molecule has 0 atom stereocenters. The zero-order chi connectivity index (χ0) is 21.4. The number of esters is 1. The van der Waals surface area contributed by atoms with Crippen LogP contribution in [0, 0.1) is 0 Å². The number of carbonyl (C=O) groups excluding carboxylic acids is 2. The van der Waals surface area contributed by atoms with Crippen molar-refractivity contribution in [2.45, 2.75) is 69.1 Å². The topological polar surface area (TPSA) is 55.8 Å². The van der Waals surface area contributed by atoms with Crippen LogP contribution in [0.25, 0.3) is 0 Å². The van der Waals surface area contributed by atoms with Gasteiger partial charge in [0.05, 0.1) is 6.61 Å². The summed E-state index contributed by atoms with van der Waals surface area (Å²) >= 11 is 0. The summed E-state index contributed by atoms with van der Waals surface area (Å²) in [7, 11) is 0. The number of halogens is 6. The number of hydrogen-bond donors (Lipinski definition) is 0. The summed E-state index contributed by atoms with van der Waals surface area (Å²) in [4.78, 5) is 23.8. The zero-order valence-corrected chi connectivity index (χ0v) is 15.2. The van der Waals surface area contributed by atoms with E-state index in [4.69, 9.17) is 4.74 Å². The van der Waals surface area contributed by atoms with Gasteiger partial charge in [-0.1, -0.05) is 19.9 Å². The molecule has 0 aromatic heterocycles. The third kappa shape index (κ3) is 3.85. The minimum atomic E-state index is -6.03. The van der Waals surface area contributed by atoms with Crippen molar-refractivity contribution < 1.29 is 45.4 Å². The number of alkyl halides is 6. The Balaban J connectivity index is 2.35. The molecule has 1 saturated heterocycles. The molecule has 11 heteroatoms. The maximum absolute atomic E-state index is 13.5. The summed E-state index contributed by atoms with van der Waals surface area (Å²) in [6, 6.07) is 0. The molecule has 2 rings (SSSR count). The second-order valence-electron chi connectivity index (χ2n) is 6.99. The van der Waals surface area contributed by atoms with E-state index >= 15 is 0 Å². The summed E-state index contributed by atoms with van der Waals surface area (Å²) < 4.78 is 90.2. The molecule has 0 bridgehead atoms. The highest BCUT2D eigenvalue weighted by molar-refractivity contribution is 5.96. The Bertz CT molecular complexity index is 623. The van der Waals surface area contributed by atoms with Gasteiger partial charge in [-0.2, -0.15) is 26.3 Å². The molecule has 0 spiro atoms. The summed E-state index contributed by atoms with van der Waals surface area (Å²) in [6.45, 7) is 2.02. The lowest BCUT2D eigenvalue weighted by Crippen LogP contribution is -2.73. The summed E-state index contributed by atoms with van der Waals surface area (Å²) in [5, 5.41) is 0. The van der Waals surface area contributed by atoms with E-state index in [1.54, 1.807) is 6.92 Å². The molecule has 5 nitrogen and oxygen atoms in total. The van der Waals surface area contributed by atoms with Gasteiger partial charge < -0.3 is 9.47 Å². The molecule has 1 heterocycles. The smallest absolute Gasteiger partial charge is 0.446 e. The molecule has 0 radical (unpaired) electrons. The SMILES string of the molecule is C=C1COC(C(F)(F)F)(C(F)(F)F)N(CC(=O)OC2(CC)CCCCC2)C1=O. The minimum Gasteiger partial charge on any atom is -0.458 e. The third-order valence-electron chi connectivity index (χ3n) is 5.18. The molecule has 1 aliphatic carbocycles. The lowest BCUT2D eigenvalue weighted by Gasteiger charge is -2.47. The fourth-order valence-electron chi connectivity index (χ4n) is 3.61. The van der Waals surface area contributed by atoms with Gasteiger partial charge in [0, 0.05) is 5.57 Å². The van der Waals surface area contributed by atoms with E-state index < -0.39 is 59.2 Å². The highest BCUT2D eigenvalue weighted by atomic mass is 19.4. The Morgan fingerprint density at radius 3 is 2.14 bits per heavy atom. The largest absolute Gasteiger partial charge is 0.458 e. The standard InChI is InChI=1S/C17H21F6NO4/c1-3-14(7-5-4-6-8-14)28-12(25)9-24-13(26)11(2)10-27-15(24,16(18,19)20)17(21,22)23/h2-10H2,1H3. The number of amides is 1. The van der Waals surface area contributed by atoms with E-state index in [2.05, 4.69) is 11.3 Å². The second-order valence-corrected chi connectivity index (χ2v) is 6.99. The molecule has 28 heavy (non-hydrogen) atoms. The minimum absolute atomic E-state index is 0.361. The highest BCUT2D eigenvalue weighted by Gasteiger charge is 2.78. The predicted molar refractivity (Wildman–Crippen MR) is 83.8 cm³/mol. The van der Waals surface area contributed by atoms with Crippen LogP contribution in [0.3, 0.4) is 0 Å². The van der Waals surface area contributed by atoms with Crippen LogP contribution in [0.4, 0.5) is 26.3 Å². The molecule has 0 aromatic carbocycles. The number of rotatable bonds is 4. The van der Waals surface area contributed by atoms with Crippen LogP contribution >= 0.6 is 0 Å². The van der Waals surface area contributed by atoms with Crippen molar-refractivity contribution in [2.24, 2.45) is 0 Å². The Labute approximate surface area is 157 Å². The highest BCUT2D eigenvalue weighted by Crippen LogP contribution is 2.50. The van der Waals surface area contributed by atoms with Crippen LogP contribution < -0.4 is 0 Å². The Hall–Kier alpha value is -1.78. The van der Waals surface area contributed by atoms with Gasteiger partial charge in [0.2, 0.25) is 0 Å². The maximum atomic E-state index is 13.5. The molecule has 2 aliphatic rings. The molecule has 1 amide bonds. The summed E-state index contributed by atoms with van der Waals surface area (Å²) in [5.41, 5.74) is -6.52. The Morgan fingerprint density at radius 1 is 1.14 bits per heavy atom. The molecule has 0 unspecified atom stereocenters. The molecular formula is C17H21F6NO4. The van der Waals surface area contributed by atoms with E-state index in [9.17, 15) is 35.9 Å². The predicted octanol–water partition coefficient (Wildman–Crippen LogP) is 3.88. The van der Waals surface area contributed by atoms with Crippen molar-refractivity contribution in [1.82, 2.24) is 4.90 Å². The summed E-state index contributed by atoms with van der Waals surface area (Å²) in [5.74, 6) is -3.01. The first-order valence-electron chi connectivity index (χ1n) is 8.79. The Kier molecular flexibility index (Phi) is 6.08. The first kappa shape index (κ1) is 22.5. The number of nitrogens with zero attached hydrogens (tertiary/aromatic N) is 1. The third-order valence-corrected chi connectivity index (χ3v) is 5.18. The normalized spacial score (nSPS) is 22.9. The molecule has 1 saturated carbocycles.